The predicted octanol–water partition coefficient (Wildman–Crippen LogP) is 2.14. The highest BCUT2D eigenvalue weighted by atomic mass is 15.1. The van der Waals surface area contributed by atoms with Gasteiger partial charge in [-0.15, -0.1) is 0 Å². The third-order valence-corrected chi connectivity index (χ3v) is 3.58. The second kappa shape index (κ2) is 3.73. The number of rotatable bonds is 4. The van der Waals surface area contributed by atoms with E-state index < -0.39 is 0 Å². The average molecular weight is 193 g/mol. The van der Waals surface area contributed by atoms with Crippen molar-refractivity contribution in [3.8, 4) is 0 Å². The molecule has 0 aliphatic heterocycles. The van der Waals surface area contributed by atoms with Crippen LogP contribution in [-0.4, -0.2) is 15.7 Å². The van der Waals surface area contributed by atoms with Gasteiger partial charge in [0.15, 0.2) is 0 Å². The van der Waals surface area contributed by atoms with Gasteiger partial charge in [-0.25, -0.2) is 0 Å². The molecule has 0 radical (unpaired) electrons. The molecular weight excluding hydrogens is 174 g/mol. The Morgan fingerprint density at radius 3 is 2.79 bits per heavy atom. The summed E-state index contributed by atoms with van der Waals surface area (Å²) in [5.41, 5.74) is 2.91. The molecule has 3 heteroatoms. The molecule has 1 aliphatic rings. The van der Waals surface area contributed by atoms with Crippen LogP contribution in [0.4, 0.5) is 0 Å². The Balaban J connectivity index is 1.90. The third kappa shape index (κ3) is 1.69. The summed E-state index contributed by atoms with van der Waals surface area (Å²) in [7, 11) is 0. The van der Waals surface area contributed by atoms with Gasteiger partial charge < -0.3 is 5.32 Å². The number of hydrogen-bond donors (Lipinski definition) is 2. The molecule has 0 unspecified atom stereocenters. The SMILES string of the molecule is CCC1(NCc2cn[nH]c2C)CCC1. The summed E-state index contributed by atoms with van der Waals surface area (Å²) in [4.78, 5) is 0. The Kier molecular flexibility index (Phi) is 2.59. The molecule has 1 heterocycles. The molecule has 1 aromatic heterocycles. The highest BCUT2D eigenvalue weighted by Gasteiger charge is 2.34. The summed E-state index contributed by atoms with van der Waals surface area (Å²) in [6.45, 7) is 5.30. The lowest BCUT2D eigenvalue weighted by Gasteiger charge is -2.42. The van der Waals surface area contributed by atoms with Crippen LogP contribution in [0.2, 0.25) is 0 Å². The lowest BCUT2D eigenvalue weighted by Crippen LogP contribution is -2.49. The van der Waals surface area contributed by atoms with E-state index in [9.17, 15) is 0 Å². The Bertz CT molecular complexity index is 294. The number of nitrogens with zero attached hydrogens (tertiary/aromatic N) is 1. The normalized spacial score (nSPS) is 19.3. The van der Waals surface area contributed by atoms with E-state index in [2.05, 4.69) is 29.4 Å². The second-order valence-corrected chi connectivity index (χ2v) is 4.36. The van der Waals surface area contributed by atoms with Crippen molar-refractivity contribution in [3.63, 3.8) is 0 Å². The maximum atomic E-state index is 4.03. The summed E-state index contributed by atoms with van der Waals surface area (Å²) >= 11 is 0. The van der Waals surface area contributed by atoms with Crippen LogP contribution in [0.3, 0.4) is 0 Å². The topological polar surface area (TPSA) is 40.7 Å². The quantitative estimate of drug-likeness (QED) is 0.769. The average Bonchev–Trinajstić information content (AvgIpc) is 2.51. The van der Waals surface area contributed by atoms with E-state index in [1.807, 2.05) is 6.20 Å². The minimum absolute atomic E-state index is 0.434. The molecule has 14 heavy (non-hydrogen) atoms. The Labute approximate surface area is 85.3 Å². The Morgan fingerprint density at radius 1 is 1.57 bits per heavy atom. The number of aromatic nitrogens is 2. The maximum Gasteiger partial charge on any atom is 0.0535 e. The van der Waals surface area contributed by atoms with E-state index in [-0.39, 0.29) is 0 Å². The van der Waals surface area contributed by atoms with Gasteiger partial charge in [-0.05, 0) is 32.6 Å². The summed E-state index contributed by atoms with van der Waals surface area (Å²) in [5, 5.41) is 10.7. The van der Waals surface area contributed by atoms with E-state index >= 15 is 0 Å². The highest BCUT2D eigenvalue weighted by Crippen LogP contribution is 2.34. The molecule has 0 aromatic carbocycles. The molecule has 0 spiro atoms. The van der Waals surface area contributed by atoms with E-state index in [1.54, 1.807) is 0 Å². The van der Waals surface area contributed by atoms with Crippen LogP contribution in [0.25, 0.3) is 0 Å². The van der Waals surface area contributed by atoms with Gasteiger partial charge in [-0.1, -0.05) is 6.92 Å². The van der Waals surface area contributed by atoms with E-state index in [0.29, 0.717) is 5.54 Å². The molecule has 0 amide bonds. The molecule has 2 rings (SSSR count). The van der Waals surface area contributed by atoms with Gasteiger partial charge >= 0.3 is 0 Å². The molecule has 2 N–H and O–H groups in total. The van der Waals surface area contributed by atoms with Crippen molar-refractivity contribution in [1.29, 1.82) is 0 Å². The van der Waals surface area contributed by atoms with Crippen LogP contribution in [0.5, 0.6) is 0 Å². The molecule has 1 aliphatic carbocycles. The molecular formula is C11H19N3. The number of aromatic amines is 1. The fraction of sp³-hybridized carbons (Fsp3) is 0.727. The first-order chi connectivity index (χ1) is 6.76. The minimum Gasteiger partial charge on any atom is -0.307 e. The summed E-state index contributed by atoms with van der Waals surface area (Å²) in [6.07, 6.45) is 7.21. The van der Waals surface area contributed by atoms with Crippen molar-refractivity contribution in [1.82, 2.24) is 15.5 Å². The van der Waals surface area contributed by atoms with Crippen molar-refractivity contribution in [3.05, 3.63) is 17.5 Å². The first-order valence-corrected chi connectivity index (χ1v) is 5.50. The van der Waals surface area contributed by atoms with Crippen molar-refractivity contribution >= 4 is 0 Å². The van der Waals surface area contributed by atoms with Gasteiger partial charge in [0.1, 0.15) is 0 Å². The van der Waals surface area contributed by atoms with Crippen LogP contribution < -0.4 is 5.32 Å². The molecule has 3 nitrogen and oxygen atoms in total. The standard InChI is InChI=1S/C11H19N3/c1-3-11(5-4-6-11)12-7-10-8-13-14-9(10)2/h8,12H,3-7H2,1-2H3,(H,13,14). The largest absolute Gasteiger partial charge is 0.307 e. The number of H-pyrrole nitrogens is 1. The van der Waals surface area contributed by atoms with Crippen LogP contribution in [0.15, 0.2) is 6.20 Å². The van der Waals surface area contributed by atoms with Crippen molar-refractivity contribution in [2.24, 2.45) is 0 Å². The van der Waals surface area contributed by atoms with Crippen LogP contribution in [0.1, 0.15) is 43.9 Å². The van der Waals surface area contributed by atoms with E-state index in [0.717, 1.165) is 6.54 Å². The molecule has 1 saturated carbocycles. The molecule has 1 fully saturated rings. The van der Waals surface area contributed by atoms with Crippen molar-refractivity contribution < 1.29 is 0 Å². The van der Waals surface area contributed by atoms with Crippen LogP contribution in [0, 0.1) is 6.92 Å². The summed E-state index contributed by atoms with van der Waals surface area (Å²) < 4.78 is 0. The van der Waals surface area contributed by atoms with Crippen LogP contribution in [-0.2, 0) is 6.54 Å². The highest BCUT2D eigenvalue weighted by molar-refractivity contribution is 5.14. The lowest BCUT2D eigenvalue weighted by molar-refractivity contribution is 0.175. The lowest BCUT2D eigenvalue weighted by atomic mass is 9.75. The number of aryl methyl sites for hydroxylation is 1. The molecule has 1 aromatic rings. The molecule has 78 valence electrons. The van der Waals surface area contributed by atoms with Gasteiger partial charge in [0.25, 0.3) is 0 Å². The molecule has 0 saturated heterocycles. The molecule has 0 bridgehead atoms. The van der Waals surface area contributed by atoms with E-state index in [1.165, 1.54) is 36.9 Å². The zero-order valence-electron chi connectivity index (χ0n) is 9.06. The van der Waals surface area contributed by atoms with Gasteiger partial charge in [-0.3, -0.25) is 5.10 Å². The van der Waals surface area contributed by atoms with E-state index in [4.69, 9.17) is 0 Å². The predicted molar refractivity (Wildman–Crippen MR) is 57.0 cm³/mol. The minimum atomic E-state index is 0.434. The number of nitrogens with one attached hydrogen (secondary N) is 2. The van der Waals surface area contributed by atoms with Crippen molar-refractivity contribution in [2.75, 3.05) is 0 Å². The first-order valence-electron chi connectivity index (χ1n) is 5.50. The fourth-order valence-electron chi connectivity index (χ4n) is 2.10. The van der Waals surface area contributed by atoms with Gasteiger partial charge in [0.05, 0.1) is 6.20 Å². The monoisotopic (exact) mass is 193 g/mol. The second-order valence-electron chi connectivity index (χ2n) is 4.36. The third-order valence-electron chi connectivity index (χ3n) is 3.58. The van der Waals surface area contributed by atoms with Gasteiger partial charge in [-0.2, -0.15) is 5.10 Å². The fourth-order valence-corrected chi connectivity index (χ4v) is 2.10. The zero-order valence-corrected chi connectivity index (χ0v) is 9.06. The van der Waals surface area contributed by atoms with Crippen molar-refractivity contribution in [2.45, 2.75) is 51.6 Å². The summed E-state index contributed by atoms with van der Waals surface area (Å²) in [5.74, 6) is 0. The van der Waals surface area contributed by atoms with Gasteiger partial charge in [0.2, 0.25) is 0 Å². The Morgan fingerprint density at radius 2 is 2.36 bits per heavy atom. The number of hydrogen-bond acceptors (Lipinski definition) is 2. The van der Waals surface area contributed by atoms with Gasteiger partial charge in [0, 0.05) is 23.3 Å². The first kappa shape index (κ1) is 9.71. The molecule has 0 atom stereocenters. The smallest absolute Gasteiger partial charge is 0.0535 e. The van der Waals surface area contributed by atoms with Crippen LogP contribution >= 0.6 is 0 Å². The maximum absolute atomic E-state index is 4.03. The Hall–Kier alpha value is -0.830. The zero-order chi connectivity index (χ0) is 10.0. The summed E-state index contributed by atoms with van der Waals surface area (Å²) in [6, 6.07) is 0.